The van der Waals surface area contributed by atoms with Gasteiger partial charge in [-0.25, -0.2) is 4.39 Å². The predicted molar refractivity (Wildman–Crippen MR) is 87.6 cm³/mol. The van der Waals surface area contributed by atoms with E-state index < -0.39 is 5.54 Å². The summed E-state index contributed by atoms with van der Waals surface area (Å²) in [4.78, 5) is 13.6. The van der Waals surface area contributed by atoms with Gasteiger partial charge < -0.3 is 11.1 Å². The highest BCUT2D eigenvalue weighted by Gasteiger charge is 2.20. The molecule has 0 saturated heterocycles. The van der Waals surface area contributed by atoms with Gasteiger partial charge >= 0.3 is 0 Å². The van der Waals surface area contributed by atoms with Gasteiger partial charge in [0.15, 0.2) is 0 Å². The molecule has 0 radical (unpaired) electrons. The Morgan fingerprint density at radius 2 is 1.86 bits per heavy atom. The first-order chi connectivity index (χ1) is 9.41. The fourth-order valence-corrected chi connectivity index (χ4v) is 2.56. The summed E-state index contributed by atoms with van der Waals surface area (Å²) in [5, 5.41) is 2.88. The second-order valence-corrected chi connectivity index (χ2v) is 6.30. The quantitative estimate of drug-likeness (QED) is 0.903. The van der Waals surface area contributed by atoms with Gasteiger partial charge in [-0.2, -0.15) is 0 Å². The summed E-state index contributed by atoms with van der Waals surface area (Å²) >= 11 is 1.38. The number of carbonyl (C=O) groups excluding carboxylic acids is 1. The van der Waals surface area contributed by atoms with Crippen LogP contribution in [0.3, 0.4) is 0 Å². The largest absolute Gasteiger partial charge is 0.345 e. The highest BCUT2D eigenvalue weighted by atomic mass is 35.5. The molecular formula is C15H18ClFN2OS. The molecule has 21 heavy (non-hydrogen) atoms. The zero-order valence-corrected chi connectivity index (χ0v) is 13.5. The number of thiophene rings is 1. The Balaban J connectivity index is 0.00000220. The molecule has 3 N–H and O–H groups in total. The molecule has 0 unspecified atom stereocenters. The van der Waals surface area contributed by atoms with Gasteiger partial charge in [-0.15, -0.1) is 23.7 Å². The monoisotopic (exact) mass is 328 g/mol. The van der Waals surface area contributed by atoms with Crippen molar-refractivity contribution in [1.29, 1.82) is 0 Å². The number of carbonyl (C=O) groups is 1. The standard InChI is InChI=1S/C15H17FN2OS.ClH/c1-15(2,9-17)18-14(19)13-8-7-12(20-13)10-3-5-11(16)6-4-10;/h3-8H,9,17H2,1-2H3,(H,18,19);1H. The summed E-state index contributed by atoms with van der Waals surface area (Å²) in [5.74, 6) is -0.410. The van der Waals surface area contributed by atoms with E-state index in [0.717, 1.165) is 10.4 Å². The van der Waals surface area contributed by atoms with Crippen LogP contribution < -0.4 is 11.1 Å². The van der Waals surface area contributed by atoms with E-state index in [1.54, 1.807) is 18.2 Å². The molecule has 2 rings (SSSR count). The van der Waals surface area contributed by atoms with Crippen LogP contribution in [0.4, 0.5) is 4.39 Å². The van der Waals surface area contributed by atoms with E-state index in [0.29, 0.717) is 11.4 Å². The van der Waals surface area contributed by atoms with Crippen LogP contribution >= 0.6 is 23.7 Å². The summed E-state index contributed by atoms with van der Waals surface area (Å²) in [6.45, 7) is 4.12. The van der Waals surface area contributed by atoms with Gasteiger partial charge in [-0.3, -0.25) is 4.79 Å². The first-order valence-electron chi connectivity index (χ1n) is 6.30. The SMILES string of the molecule is CC(C)(CN)NC(=O)c1ccc(-c2ccc(F)cc2)s1.Cl. The lowest BCUT2D eigenvalue weighted by Gasteiger charge is -2.23. The fourth-order valence-electron chi connectivity index (χ4n) is 1.65. The summed E-state index contributed by atoms with van der Waals surface area (Å²) in [6.07, 6.45) is 0. The molecule has 0 spiro atoms. The highest BCUT2D eigenvalue weighted by Crippen LogP contribution is 2.28. The molecule has 1 heterocycles. The molecular weight excluding hydrogens is 311 g/mol. The van der Waals surface area contributed by atoms with Crippen LogP contribution in [0.1, 0.15) is 23.5 Å². The molecule has 6 heteroatoms. The van der Waals surface area contributed by atoms with Gasteiger partial charge in [0, 0.05) is 17.0 Å². The first-order valence-corrected chi connectivity index (χ1v) is 7.11. The third kappa shape index (κ3) is 4.52. The Hall–Kier alpha value is -1.43. The van der Waals surface area contributed by atoms with Crippen LogP contribution in [0.15, 0.2) is 36.4 Å². The lowest BCUT2D eigenvalue weighted by atomic mass is 10.1. The average molecular weight is 329 g/mol. The molecule has 0 aliphatic carbocycles. The zero-order valence-electron chi connectivity index (χ0n) is 11.9. The third-order valence-corrected chi connectivity index (χ3v) is 4.05. The number of halogens is 2. The van der Waals surface area contributed by atoms with E-state index in [1.807, 2.05) is 19.9 Å². The number of nitrogens with one attached hydrogen (secondary N) is 1. The van der Waals surface area contributed by atoms with Crippen LogP contribution in [0.2, 0.25) is 0 Å². The van der Waals surface area contributed by atoms with Crippen LogP contribution in [-0.2, 0) is 0 Å². The van der Waals surface area contributed by atoms with E-state index in [2.05, 4.69) is 5.32 Å². The van der Waals surface area contributed by atoms with Crippen molar-refractivity contribution < 1.29 is 9.18 Å². The van der Waals surface area contributed by atoms with Crippen molar-refractivity contribution >= 4 is 29.7 Å². The minimum absolute atomic E-state index is 0. The van der Waals surface area contributed by atoms with E-state index in [1.165, 1.54) is 23.5 Å². The van der Waals surface area contributed by atoms with E-state index in [9.17, 15) is 9.18 Å². The van der Waals surface area contributed by atoms with Gasteiger partial charge in [0.2, 0.25) is 0 Å². The Morgan fingerprint density at radius 3 is 2.43 bits per heavy atom. The number of amides is 1. The molecule has 0 bridgehead atoms. The Morgan fingerprint density at radius 1 is 1.24 bits per heavy atom. The predicted octanol–water partition coefficient (Wildman–Crippen LogP) is 3.44. The lowest BCUT2D eigenvalue weighted by Crippen LogP contribution is -2.48. The van der Waals surface area contributed by atoms with Crippen molar-refractivity contribution in [2.75, 3.05) is 6.54 Å². The maximum atomic E-state index is 12.9. The van der Waals surface area contributed by atoms with Crippen molar-refractivity contribution in [2.45, 2.75) is 19.4 Å². The lowest BCUT2D eigenvalue weighted by molar-refractivity contribution is 0.0920. The van der Waals surface area contributed by atoms with Crippen molar-refractivity contribution in [3.63, 3.8) is 0 Å². The van der Waals surface area contributed by atoms with Crippen LogP contribution in [0.25, 0.3) is 10.4 Å². The normalized spacial score (nSPS) is 10.9. The second-order valence-electron chi connectivity index (χ2n) is 5.21. The molecule has 0 atom stereocenters. The maximum absolute atomic E-state index is 12.9. The topological polar surface area (TPSA) is 55.1 Å². The molecule has 114 valence electrons. The summed E-state index contributed by atoms with van der Waals surface area (Å²) in [6, 6.07) is 9.85. The minimum Gasteiger partial charge on any atom is -0.345 e. The number of benzene rings is 1. The van der Waals surface area contributed by atoms with E-state index >= 15 is 0 Å². The van der Waals surface area contributed by atoms with Gasteiger partial charge in [-0.05, 0) is 43.7 Å². The summed E-state index contributed by atoms with van der Waals surface area (Å²) in [5.41, 5.74) is 6.06. The van der Waals surface area contributed by atoms with E-state index in [-0.39, 0.29) is 24.1 Å². The minimum atomic E-state index is -0.433. The smallest absolute Gasteiger partial charge is 0.261 e. The van der Waals surface area contributed by atoms with Crippen molar-refractivity contribution in [3.05, 3.63) is 47.1 Å². The number of rotatable bonds is 4. The van der Waals surface area contributed by atoms with Crippen LogP contribution in [0, 0.1) is 5.82 Å². The Labute approximate surface area is 133 Å². The number of nitrogens with two attached hydrogens (primary N) is 1. The Bertz CT molecular complexity index is 610. The number of hydrogen-bond donors (Lipinski definition) is 2. The zero-order chi connectivity index (χ0) is 14.8. The molecule has 0 aliphatic heterocycles. The second kappa shape index (κ2) is 7.02. The molecule has 1 aromatic heterocycles. The van der Waals surface area contributed by atoms with Gasteiger partial charge in [-0.1, -0.05) is 12.1 Å². The maximum Gasteiger partial charge on any atom is 0.261 e. The van der Waals surface area contributed by atoms with Gasteiger partial charge in [0.05, 0.1) is 4.88 Å². The summed E-state index contributed by atoms with van der Waals surface area (Å²) < 4.78 is 12.9. The van der Waals surface area contributed by atoms with Crippen LogP contribution in [0.5, 0.6) is 0 Å². The first kappa shape index (κ1) is 17.6. The molecule has 0 fully saturated rings. The third-order valence-electron chi connectivity index (χ3n) is 2.92. The molecule has 2 aromatic rings. The van der Waals surface area contributed by atoms with E-state index in [4.69, 9.17) is 5.73 Å². The van der Waals surface area contributed by atoms with Crippen LogP contribution in [-0.4, -0.2) is 18.0 Å². The van der Waals surface area contributed by atoms with Crippen molar-refractivity contribution in [2.24, 2.45) is 5.73 Å². The van der Waals surface area contributed by atoms with Gasteiger partial charge in [0.1, 0.15) is 5.82 Å². The van der Waals surface area contributed by atoms with Gasteiger partial charge in [0.25, 0.3) is 5.91 Å². The highest BCUT2D eigenvalue weighted by molar-refractivity contribution is 7.17. The summed E-state index contributed by atoms with van der Waals surface area (Å²) in [7, 11) is 0. The Kier molecular flexibility index (Phi) is 5.89. The molecule has 0 saturated carbocycles. The fraction of sp³-hybridized carbons (Fsp3) is 0.267. The molecule has 3 nitrogen and oxygen atoms in total. The van der Waals surface area contributed by atoms with Crippen molar-refractivity contribution in [3.8, 4) is 10.4 Å². The molecule has 0 aliphatic rings. The van der Waals surface area contributed by atoms with Crippen molar-refractivity contribution in [1.82, 2.24) is 5.32 Å². The molecule has 1 amide bonds. The average Bonchev–Trinajstić information content (AvgIpc) is 2.89. The number of hydrogen-bond acceptors (Lipinski definition) is 3. The molecule has 1 aromatic carbocycles.